The predicted octanol–water partition coefficient (Wildman–Crippen LogP) is -0.213. The Bertz CT molecular complexity index is 135. The normalized spacial score (nSPS) is 15.9. The molecule has 5 nitrogen and oxygen atoms in total. The first-order chi connectivity index (χ1) is 4.98. The van der Waals surface area contributed by atoms with Gasteiger partial charge in [0, 0.05) is 11.5 Å². The third kappa shape index (κ3) is 5.75. The molecule has 0 aliphatic carbocycles. The molecule has 2 N–H and O–H groups in total. The SMILES string of the molecule is CC(O)(CCCO)C[N+](=O)[O-]. The van der Waals surface area contributed by atoms with Crippen LogP contribution in [0.5, 0.6) is 0 Å². The molecule has 1 atom stereocenters. The number of nitrogens with zero attached hydrogens (tertiary/aromatic N) is 1. The molecule has 0 aromatic carbocycles. The molecule has 0 aromatic rings. The minimum Gasteiger partial charge on any atom is -0.396 e. The first-order valence-corrected chi connectivity index (χ1v) is 3.43. The van der Waals surface area contributed by atoms with Gasteiger partial charge in [-0.25, -0.2) is 0 Å². The molecule has 0 rings (SSSR count). The summed E-state index contributed by atoms with van der Waals surface area (Å²) in [6.45, 7) is 0.881. The third-order valence-corrected chi connectivity index (χ3v) is 1.34. The molecule has 1 unspecified atom stereocenters. The highest BCUT2D eigenvalue weighted by molar-refractivity contribution is 4.70. The lowest BCUT2D eigenvalue weighted by Gasteiger charge is -2.16. The van der Waals surface area contributed by atoms with Crippen LogP contribution in [-0.4, -0.2) is 33.9 Å². The molecule has 0 saturated carbocycles. The number of nitro groups is 1. The van der Waals surface area contributed by atoms with E-state index in [1.807, 2.05) is 0 Å². The molecule has 5 heteroatoms. The second kappa shape index (κ2) is 4.25. The summed E-state index contributed by atoms with van der Waals surface area (Å²) in [4.78, 5) is 9.40. The van der Waals surface area contributed by atoms with Gasteiger partial charge in [0.15, 0.2) is 0 Å². The summed E-state index contributed by atoms with van der Waals surface area (Å²) in [5.41, 5.74) is -1.29. The van der Waals surface area contributed by atoms with E-state index in [0.717, 1.165) is 0 Å². The minimum absolute atomic E-state index is 0.0478. The molecule has 0 spiro atoms. The van der Waals surface area contributed by atoms with E-state index in [4.69, 9.17) is 5.11 Å². The van der Waals surface area contributed by atoms with E-state index in [9.17, 15) is 15.2 Å². The fourth-order valence-electron chi connectivity index (χ4n) is 0.817. The van der Waals surface area contributed by atoms with E-state index in [-0.39, 0.29) is 13.0 Å². The molecule has 0 radical (unpaired) electrons. The predicted molar refractivity (Wildman–Crippen MR) is 38.8 cm³/mol. The second-order valence-corrected chi connectivity index (χ2v) is 2.81. The second-order valence-electron chi connectivity index (χ2n) is 2.81. The van der Waals surface area contributed by atoms with E-state index < -0.39 is 17.1 Å². The Hall–Kier alpha value is -0.680. The van der Waals surface area contributed by atoms with Crippen LogP contribution in [-0.2, 0) is 0 Å². The Morgan fingerprint density at radius 2 is 2.18 bits per heavy atom. The van der Waals surface area contributed by atoms with Gasteiger partial charge >= 0.3 is 0 Å². The van der Waals surface area contributed by atoms with Crippen LogP contribution < -0.4 is 0 Å². The zero-order valence-electron chi connectivity index (χ0n) is 6.49. The molecule has 0 heterocycles. The van der Waals surface area contributed by atoms with Crippen LogP contribution in [0.15, 0.2) is 0 Å². The van der Waals surface area contributed by atoms with Gasteiger partial charge in [0.25, 0.3) is 0 Å². The summed E-state index contributed by atoms with van der Waals surface area (Å²) in [6.07, 6.45) is 0.644. The van der Waals surface area contributed by atoms with Gasteiger partial charge in [-0.2, -0.15) is 0 Å². The van der Waals surface area contributed by atoms with Gasteiger partial charge in [0.05, 0.1) is 0 Å². The van der Waals surface area contributed by atoms with Crippen LogP contribution in [0.25, 0.3) is 0 Å². The van der Waals surface area contributed by atoms with Gasteiger partial charge in [-0.1, -0.05) is 0 Å². The molecule has 0 aromatic heterocycles. The zero-order chi connectivity index (χ0) is 8.91. The molecule has 0 aliphatic rings. The summed E-state index contributed by atoms with van der Waals surface area (Å²) in [7, 11) is 0. The standard InChI is InChI=1S/C6H13NO4/c1-6(9,3-2-4-8)5-7(10)11/h8-9H,2-5H2,1H3. The van der Waals surface area contributed by atoms with Gasteiger partial charge in [0.1, 0.15) is 5.60 Å². The Morgan fingerprint density at radius 1 is 1.64 bits per heavy atom. The van der Waals surface area contributed by atoms with Crippen molar-refractivity contribution in [1.82, 2.24) is 0 Å². The molecule has 0 saturated heterocycles. The highest BCUT2D eigenvalue weighted by Crippen LogP contribution is 2.11. The topological polar surface area (TPSA) is 83.6 Å². The van der Waals surface area contributed by atoms with E-state index in [0.29, 0.717) is 6.42 Å². The number of aliphatic hydroxyl groups excluding tert-OH is 1. The van der Waals surface area contributed by atoms with Crippen LogP contribution in [0, 0.1) is 10.1 Å². The molecular weight excluding hydrogens is 150 g/mol. The van der Waals surface area contributed by atoms with Gasteiger partial charge in [-0.3, -0.25) is 10.1 Å². The average Bonchev–Trinajstić information content (AvgIpc) is 1.81. The van der Waals surface area contributed by atoms with Crippen LogP contribution >= 0.6 is 0 Å². The van der Waals surface area contributed by atoms with Crippen molar-refractivity contribution in [2.45, 2.75) is 25.4 Å². The first-order valence-electron chi connectivity index (χ1n) is 3.43. The average molecular weight is 163 g/mol. The van der Waals surface area contributed by atoms with E-state index in [1.54, 1.807) is 0 Å². The minimum atomic E-state index is -1.29. The van der Waals surface area contributed by atoms with Crippen LogP contribution in [0.3, 0.4) is 0 Å². The summed E-state index contributed by atoms with van der Waals surface area (Å²) in [5.74, 6) is 0. The molecule has 0 aliphatic heterocycles. The van der Waals surface area contributed by atoms with E-state index in [2.05, 4.69) is 0 Å². The maximum atomic E-state index is 9.96. The zero-order valence-corrected chi connectivity index (χ0v) is 6.49. The molecule has 11 heavy (non-hydrogen) atoms. The van der Waals surface area contributed by atoms with Gasteiger partial charge in [0.2, 0.25) is 6.54 Å². The van der Waals surface area contributed by atoms with Crippen molar-refractivity contribution in [3.05, 3.63) is 10.1 Å². The largest absolute Gasteiger partial charge is 0.396 e. The fourth-order valence-corrected chi connectivity index (χ4v) is 0.817. The first kappa shape index (κ1) is 10.3. The van der Waals surface area contributed by atoms with Crippen molar-refractivity contribution >= 4 is 0 Å². The van der Waals surface area contributed by atoms with Gasteiger partial charge < -0.3 is 10.2 Å². The summed E-state index contributed by atoms with van der Waals surface area (Å²) in [5, 5.41) is 27.6. The lowest BCUT2D eigenvalue weighted by molar-refractivity contribution is -0.499. The van der Waals surface area contributed by atoms with Gasteiger partial charge in [-0.15, -0.1) is 0 Å². The Balaban J connectivity index is 3.70. The number of hydrogen-bond donors (Lipinski definition) is 2. The lowest BCUT2D eigenvalue weighted by atomic mass is 10.0. The molecule has 0 fully saturated rings. The fraction of sp³-hybridized carbons (Fsp3) is 1.00. The Kier molecular flexibility index (Phi) is 3.99. The van der Waals surface area contributed by atoms with E-state index in [1.165, 1.54) is 6.92 Å². The summed E-state index contributed by atoms with van der Waals surface area (Å²) < 4.78 is 0. The summed E-state index contributed by atoms with van der Waals surface area (Å²) >= 11 is 0. The Labute approximate surface area is 64.8 Å². The van der Waals surface area contributed by atoms with Crippen LogP contribution in [0.1, 0.15) is 19.8 Å². The van der Waals surface area contributed by atoms with Crippen molar-refractivity contribution < 1.29 is 15.1 Å². The number of hydrogen-bond acceptors (Lipinski definition) is 4. The van der Waals surface area contributed by atoms with Crippen molar-refractivity contribution in [3.63, 3.8) is 0 Å². The highest BCUT2D eigenvalue weighted by atomic mass is 16.6. The number of rotatable bonds is 5. The molecular formula is C6H13NO4. The monoisotopic (exact) mass is 163 g/mol. The van der Waals surface area contributed by atoms with Crippen LogP contribution in [0.2, 0.25) is 0 Å². The maximum Gasteiger partial charge on any atom is 0.231 e. The molecule has 0 amide bonds. The van der Waals surface area contributed by atoms with Crippen molar-refractivity contribution in [3.8, 4) is 0 Å². The maximum absolute atomic E-state index is 9.96. The van der Waals surface area contributed by atoms with Crippen LogP contribution in [0.4, 0.5) is 0 Å². The van der Waals surface area contributed by atoms with Crippen molar-refractivity contribution in [1.29, 1.82) is 0 Å². The lowest BCUT2D eigenvalue weighted by Crippen LogP contribution is -2.33. The van der Waals surface area contributed by atoms with Gasteiger partial charge in [-0.05, 0) is 19.8 Å². The van der Waals surface area contributed by atoms with Crippen molar-refractivity contribution in [2.75, 3.05) is 13.2 Å². The van der Waals surface area contributed by atoms with Crippen molar-refractivity contribution in [2.24, 2.45) is 0 Å². The molecule has 0 bridgehead atoms. The van der Waals surface area contributed by atoms with E-state index >= 15 is 0 Å². The number of aliphatic hydroxyl groups is 2. The summed E-state index contributed by atoms with van der Waals surface area (Å²) in [6, 6.07) is 0. The Morgan fingerprint density at radius 3 is 2.55 bits per heavy atom. The smallest absolute Gasteiger partial charge is 0.231 e. The third-order valence-electron chi connectivity index (χ3n) is 1.34. The highest BCUT2D eigenvalue weighted by Gasteiger charge is 2.25. The quantitative estimate of drug-likeness (QED) is 0.433. The molecule has 66 valence electrons.